The number of carbonyl (C=O) groups is 1. The topological polar surface area (TPSA) is 65.2 Å². The van der Waals surface area contributed by atoms with E-state index in [2.05, 4.69) is 4.98 Å². The number of hydrogen-bond donors (Lipinski definition) is 1. The molecule has 1 atom stereocenters. The molecular weight excluding hydrogens is 383 g/mol. The Bertz CT molecular complexity index is 890. The first-order valence-corrected chi connectivity index (χ1v) is 8.56. The van der Waals surface area contributed by atoms with Crippen LogP contribution in [0.5, 0.6) is 5.88 Å². The zero-order chi connectivity index (χ0) is 20.6. The van der Waals surface area contributed by atoms with E-state index in [0.717, 1.165) is 25.0 Å². The molecule has 0 aliphatic heterocycles. The lowest BCUT2D eigenvalue weighted by Crippen LogP contribution is -2.22. The number of hydrogen-bond acceptors (Lipinski definition) is 3. The lowest BCUT2D eigenvalue weighted by Gasteiger charge is -2.19. The van der Waals surface area contributed by atoms with Gasteiger partial charge in [-0.05, 0) is 42.5 Å². The van der Waals surface area contributed by atoms with Gasteiger partial charge < -0.3 is 10.5 Å². The molecule has 1 fully saturated rings. The number of pyridine rings is 1. The van der Waals surface area contributed by atoms with Gasteiger partial charge in [0.2, 0.25) is 5.88 Å². The number of benzene rings is 1. The molecule has 0 radical (unpaired) electrons. The molecule has 0 unspecified atom stereocenters. The average Bonchev–Trinajstić information content (AvgIpc) is 3.42. The summed E-state index contributed by atoms with van der Waals surface area (Å²) in [5, 5.41) is 0. The Hall–Kier alpha value is -2.71. The van der Waals surface area contributed by atoms with Crippen molar-refractivity contribution in [2.24, 2.45) is 11.7 Å². The van der Waals surface area contributed by atoms with Gasteiger partial charge in [0.25, 0.3) is 5.91 Å². The molecule has 1 heterocycles. The van der Waals surface area contributed by atoms with E-state index in [0.29, 0.717) is 6.07 Å². The highest BCUT2D eigenvalue weighted by atomic mass is 19.4. The molecule has 1 aliphatic rings. The normalized spacial score (nSPS) is 15.4. The van der Waals surface area contributed by atoms with Gasteiger partial charge in [-0.15, -0.1) is 0 Å². The summed E-state index contributed by atoms with van der Waals surface area (Å²) in [5.41, 5.74) is 5.36. The standard InChI is InChI=1S/C19H17F5N2O2/c1-9(10-2-3-10)16-15(17(25)27)7-14(11-4-12(20)6-13(21)5-11)18(26-16)28-8-19(22,23)24/h4-7,9-10H,2-3,8H2,1H3,(H2,25,27)/t9-/m0/s1. The summed E-state index contributed by atoms with van der Waals surface area (Å²) in [7, 11) is 0. The van der Waals surface area contributed by atoms with Crippen molar-refractivity contribution >= 4 is 5.91 Å². The minimum atomic E-state index is -4.64. The summed E-state index contributed by atoms with van der Waals surface area (Å²) >= 11 is 0. The van der Waals surface area contributed by atoms with Gasteiger partial charge in [0, 0.05) is 17.5 Å². The second-order valence-corrected chi connectivity index (χ2v) is 6.83. The first-order chi connectivity index (χ1) is 13.0. The molecule has 2 aromatic rings. The maximum atomic E-state index is 13.6. The Morgan fingerprint density at radius 3 is 2.32 bits per heavy atom. The quantitative estimate of drug-likeness (QED) is 0.722. The van der Waals surface area contributed by atoms with E-state index in [1.54, 1.807) is 6.92 Å². The highest BCUT2D eigenvalue weighted by Gasteiger charge is 2.34. The lowest BCUT2D eigenvalue weighted by atomic mass is 9.94. The Morgan fingerprint density at radius 2 is 1.82 bits per heavy atom. The second kappa shape index (κ2) is 7.37. The minimum Gasteiger partial charge on any atom is -0.468 e. The van der Waals surface area contributed by atoms with E-state index in [4.69, 9.17) is 10.5 Å². The van der Waals surface area contributed by atoms with Crippen molar-refractivity contribution in [3.63, 3.8) is 0 Å². The molecule has 4 nitrogen and oxygen atoms in total. The smallest absolute Gasteiger partial charge is 0.422 e. The maximum absolute atomic E-state index is 13.6. The van der Waals surface area contributed by atoms with Crippen LogP contribution >= 0.6 is 0 Å². The molecule has 0 saturated heterocycles. The molecule has 1 saturated carbocycles. The lowest BCUT2D eigenvalue weighted by molar-refractivity contribution is -0.154. The van der Waals surface area contributed by atoms with Crippen molar-refractivity contribution in [1.82, 2.24) is 4.98 Å². The van der Waals surface area contributed by atoms with Crippen LogP contribution in [0.25, 0.3) is 11.1 Å². The highest BCUT2D eigenvalue weighted by molar-refractivity contribution is 5.96. The Balaban J connectivity index is 2.16. The Kier molecular flexibility index (Phi) is 5.27. The van der Waals surface area contributed by atoms with Crippen molar-refractivity contribution < 1.29 is 31.5 Å². The highest BCUT2D eigenvalue weighted by Crippen LogP contribution is 2.44. The van der Waals surface area contributed by atoms with Crippen LogP contribution in [0.3, 0.4) is 0 Å². The molecule has 28 heavy (non-hydrogen) atoms. The number of halogens is 5. The van der Waals surface area contributed by atoms with Crippen LogP contribution in [-0.2, 0) is 0 Å². The van der Waals surface area contributed by atoms with Crippen molar-refractivity contribution in [1.29, 1.82) is 0 Å². The van der Waals surface area contributed by atoms with Crippen LogP contribution in [0.1, 0.15) is 41.7 Å². The molecule has 0 spiro atoms. The van der Waals surface area contributed by atoms with Crippen molar-refractivity contribution in [2.45, 2.75) is 31.9 Å². The summed E-state index contributed by atoms with van der Waals surface area (Å²) in [6.45, 7) is 0.152. The molecule has 1 aliphatic carbocycles. The van der Waals surface area contributed by atoms with Gasteiger partial charge in [-0.25, -0.2) is 13.8 Å². The minimum absolute atomic E-state index is 0.0153. The number of rotatable bonds is 6. The molecule has 9 heteroatoms. The van der Waals surface area contributed by atoms with Gasteiger partial charge in [-0.3, -0.25) is 4.79 Å². The van der Waals surface area contributed by atoms with Crippen molar-refractivity contribution in [3.8, 4) is 17.0 Å². The number of nitrogens with two attached hydrogens (primary N) is 1. The van der Waals surface area contributed by atoms with Crippen molar-refractivity contribution in [3.05, 3.63) is 47.2 Å². The number of primary amides is 1. The fourth-order valence-corrected chi connectivity index (χ4v) is 3.05. The van der Waals surface area contributed by atoms with Gasteiger partial charge >= 0.3 is 6.18 Å². The summed E-state index contributed by atoms with van der Waals surface area (Å²) in [6.07, 6.45) is -2.84. The molecule has 1 aromatic carbocycles. The first-order valence-electron chi connectivity index (χ1n) is 8.56. The van der Waals surface area contributed by atoms with E-state index in [-0.39, 0.29) is 34.2 Å². The molecule has 2 N–H and O–H groups in total. The van der Waals surface area contributed by atoms with E-state index in [9.17, 15) is 26.7 Å². The molecular formula is C19H17F5N2O2. The fraction of sp³-hybridized carbons (Fsp3) is 0.368. The monoisotopic (exact) mass is 400 g/mol. The number of carbonyl (C=O) groups excluding carboxylic acids is 1. The predicted molar refractivity (Wildman–Crippen MR) is 90.8 cm³/mol. The van der Waals surface area contributed by atoms with Gasteiger partial charge in [0.1, 0.15) is 11.6 Å². The fourth-order valence-electron chi connectivity index (χ4n) is 3.05. The summed E-state index contributed by atoms with van der Waals surface area (Å²) < 4.78 is 70.1. The third kappa shape index (κ3) is 4.58. The average molecular weight is 400 g/mol. The SMILES string of the molecule is C[C@H](c1nc(OCC(F)(F)F)c(-c2cc(F)cc(F)c2)cc1C(N)=O)C1CC1. The van der Waals surface area contributed by atoms with Gasteiger partial charge in [0.05, 0.1) is 11.3 Å². The number of alkyl halides is 3. The Morgan fingerprint density at radius 1 is 1.21 bits per heavy atom. The molecule has 1 amide bonds. The predicted octanol–water partition coefficient (Wildman–Crippen LogP) is 4.58. The maximum Gasteiger partial charge on any atom is 0.422 e. The van der Waals surface area contributed by atoms with Crippen LogP contribution < -0.4 is 10.5 Å². The van der Waals surface area contributed by atoms with E-state index in [1.807, 2.05) is 0 Å². The van der Waals surface area contributed by atoms with E-state index < -0.39 is 36.2 Å². The second-order valence-electron chi connectivity index (χ2n) is 6.83. The molecule has 3 rings (SSSR count). The molecule has 0 bridgehead atoms. The number of nitrogens with zero attached hydrogens (tertiary/aromatic N) is 1. The third-order valence-corrected chi connectivity index (χ3v) is 4.59. The van der Waals surface area contributed by atoms with Crippen LogP contribution in [0.2, 0.25) is 0 Å². The number of ether oxygens (including phenoxy) is 1. The molecule has 1 aromatic heterocycles. The summed E-state index contributed by atoms with van der Waals surface area (Å²) in [5.74, 6) is -3.17. The van der Waals surface area contributed by atoms with E-state index >= 15 is 0 Å². The van der Waals surface area contributed by atoms with Gasteiger partial charge in [0.15, 0.2) is 6.61 Å². The van der Waals surface area contributed by atoms with Gasteiger partial charge in [-0.1, -0.05) is 6.92 Å². The Labute approximate surface area is 157 Å². The van der Waals surface area contributed by atoms with Crippen LogP contribution in [-0.4, -0.2) is 23.7 Å². The van der Waals surface area contributed by atoms with Crippen LogP contribution in [0.4, 0.5) is 22.0 Å². The van der Waals surface area contributed by atoms with E-state index in [1.165, 1.54) is 6.07 Å². The number of amides is 1. The van der Waals surface area contributed by atoms with Gasteiger partial charge in [-0.2, -0.15) is 13.2 Å². The largest absolute Gasteiger partial charge is 0.468 e. The molecule has 150 valence electrons. The number of aromatic nitrogens is 1. The van der Waals surface area contributed by atoms with Crippen molar-refractivity contribution in [2.75, 3.05) is 6.61 Å². The zero-order valence-corrected chi connectivity index (χ0v) is 14.8. The van der Waals surface area contributed by atoms with Crippen LogP contribution in [0.15, 0.2) is 24.3 Å². The third-order valence-electron chi connectivity index (χ3n) is 4.59. The first kappa shape index (κ1) is 20.0. The summed E-state index contributed by atoms with van der Waals surface area (Å²) in [6, 6.07) is 3.62. The summed E-state index contributed by atoms with van der Waals surface area (Å²) in [4.78, 5) is 16.1. The zero-order valence-electron chi connectivity index (χ0n) is 14.8. The van der Waals surface area contributed by atoms with Crippen LogP contribution in [0, 0.1) is 17.6 Å².